The number of rotatable bonds is 8. The van der Waals surface area contributed by atoms with Crippen LogP contribution in [0.3, 0.4) is 0 Å². The lowest BCUT2D eigenvalue weighted by molar-refractivity contribution is 0.180. The molecule has 1 fully saturated rings. The van der Waals surface area contributed by atoms with E-state index in [0.717, 1.165) is 32.5 Å². The van der Waals surface area contributed by atoms with E-state index in [1.54, 1.807) is 0 Å². The Bertz CT molecular complexity index is 1170. The summed E-state index contributed by atoms with van der Waals surface area (Å²) in [6.45, 7) is 3.10. The molecule has 2 nitrogen and oxygen atoms in total. The third-order valence-electron chi connectivity index (χ3n) is 6.86. The Morgan fingerprint density at radius 3 is 1.80 bits per heavy atom. The summed E-state index contributed by atoms with van der Waals surface area (Å²) in [5.74, 6) is 0. The maximum atomic E-state index is 2.70. The summed E-state index contributed by atoms with van der Waals surface area (Å²) in [6.07, 6.45) is 6.69. The predicted molar refractivity (Wildman–Crippen MR) is 148 cm³/mol. The van der Waals surface area contributed by atoms with Crippen molar-refractivity contribution in [1.29, 1.82) is 0 Å². The molecule has 0 amide bonds. The van der Waals surface area contributed by atoms with Gasteiger partial charge in [-0.05, 0) is 41.7 Å². The van der Waals surface area contributed by atoms with Gasteiger partial charge < -0.3 is 4.90 Å². The molecule has 1 aliphatic rings. The monoisotopic (exact) mass is 458 g/mol. The van der Waals surface area contributed by atoms with Gasteiger partial charge in [-0.1, -0.05) is 121 Å². The minimum Gasteiger partial charge on any atom is -0.362 e. The molecule has 0 aromatic heterocycles. The van der Waals surface area contributed by atoms with Crippen LogP contribution in [0.4, 0.5) is 5.69 Å². The van der Waals surface area contributed by atoms with Gasteiger partial charge in [0.1, 0.15) is 0 Å². The molecule has 35 heavy (non-hydrogen) atoms. The average molecular weight is 459 g/mol. The quantitative estimate of drug-likeness (QED) is 0.278. The summed E-state index contributed by atoms with van der Waals surface area (Å²) in [7, 11) is 0. The van der Waals surface area contributed by atoms with Crippen molar-refractivity contribution in [1.82, 2.24) is 4.90 Å². The number of anilines is 1. The van der Waals surface area contributed by atoms with E-state index >= 15 is 0 Å². The van der Waals surface area contributed by atoms with Crippen molar-refractivity contribution in [2.24, 2.45) is 0 Å². The first-order valence-electron chi connectivity index (χ1n) is 12.7. The number of hydrogen-bond donors (Lipinski definition) is 0. The normalized spacial score (nSPS) is 18.7. The van der Waals surface area contributed by atoms with Crippen molar-refractivity contribution in [2.45, 2.75) is 31.5 Å². The summed E-state index contributed by atoms with van der Waals surface area (Å²) in [5, 5.41) is 0. The number of para-hydroxylation sites is 1. The SMILES string of the molecule is C(=C/c1ccccc1)/C[C@@H]1CN(Cc2ccccc2)C[C@H](Cc2ccccc2)N1c1ccccc1. The molecule has 0 unspecified atom stereocenters. The Hall–Kier alpha value is -3.62. The number of nitrogens with zero attached hydrogens (tertiary/aromatic N) is 2. The van der Waals surface area contributed by atoms with Crippen molar-refractivity contribution in [2.75, 3.05) is 18.0 Å². The molecule has 0 aliphatic carbocycles. The highest BCUT2D eigenvalue weighted by molar-refractivity contribution is 5.52. The van der Waals surface area contributed by atoms with Gasteiger partial charge in [-0.2, -0.15) is 0 Å². The standard InChI is InChI=1S/C33H34N2/c1-5-14-28(15-6-1)20-13-23-32-26-34(25-30-18-9-3-10-19-30)27-33(24-29-16-7-2-8-17-29)35(32)31-21-11-4-12-22-31/h1-22,32-33H,23-27H2/b20-13-/t32-,33+/m1/s1. The molecule has 0 N–H and O–H groups in total. The fourth-order valence-corrected chi connectivity index (χ4v) is 5.30. The van der Waals surface area contributed by atoms with Crippen molar-refractivity contribution < 1.29 is 0 Å². The molecule has 1 saturated heterocycles. The molecule has 2 heteroatoms. The number of piperazine rings is 1. The van der Waals surface area contributed by atoms with E-state index < -0.39 is 0 Å². The average Bonchev–Trinajstić information content (AvgIpc) is 2.91. The molecule has 5 rings (SSSR count). The third kappa shape index (κ3) is 6.29. The lowest BCUT2D eigenvalue weighted by Gasteiger charge is -2.48. The molecule has 0 radical (unpaired) electrons. The van der Waals surface area contributed by atoms with Gasteiger partial charge in [0.2, 0.25) is 0 Å². The topological polar surface area (TPSA) is 6.48 Å². The zero-order chi connectivity index (χ0) is 23.7. The van der Waals surface area contributed by atoms with Gasteiger partial charge >= 0.3 is 0 Å². The van der Waals surface area contributed by atoms with Gasteiger partial charge in [0, 0.05) is 37.4 Å². The lowest BCUT2D eigenvalue weighted by atomic mass is 9.95. The van der Waals surface area contributed by atoms with E-state index in [9.17, 15) is 0 Å². The minimum atomic E-state index is 0.406. The Morgan fingerprint density at radius 2 is 1.14 bits per heavy atom. The van der Waals surface area contributed by atoms with Crippen molar-refractivity contribution in [3.05, 3.63) is 144 Å². The Balaban J connectivity index is 1.44. The zero-order valence-corrected chi connectivity index (χ0v) is 20.3. The molecule has 2 atom stereocenters. The highest BCUT2D eigenvalue weighted by Crippen LogP contribution is 2.29. The van der Waals surface area contributed by atoms with Crippen LogP contribution >= 0.6 is 0 Å². The van der Waals surface area contributed by atoms with Gasteiger partial charge in [0.15, 0.2) is 0 Å². The van der Waals surface area contributed by atoms with Crippen molar-refractivity contribution in [3.8, 4) is 0 Å². The van der Waals surface area contributed by atoms with Crippen LogP contribution in [0.2, 0.25) is 0 Å². The third-order valence-corrected chi connectivity index (χ3v) is 6.86. The highest BCUT2D eigenvalue weighted by atomic mass is 15.3. The molecular weight excluding hydrogens is 424 g/mol. The van der Waals surface area contributed by atoms with Gasteiger partial charge in [-0.15, -0.1) is 0 Å². The molecule has 4 aromatic rings. The lowest BCUT2D eigenvalue weighted by Crippen LogP contribution is -2.59. The van der Waals surface area contributed by atoms with E-state index in [4.69, 9.17) is 0 Å². The summed E-state index contributed by atoms with van der Waals surface area (Å²) in [6, 6.07) is 44.3. The van der Waals surface area contributed by atoms with E-state index in [2.05, 4.69) is 143 Å². The van der Waals surface area contributed by atoms with Gasteiger partial charge in [0.25, 0.3) is 0 Å². The first kappa shape index (κ1) is 23.1. The highest BCUT2D eigenvalue weighted by Gasteiger charge is 2.34. The van der Waals surface area contributed by atoms with Crippen LogP contribution < -0.4 is 4.90 Å². The Labute approximate surface area is 210 Å². The van der Waals surface area contributed by atoms with Crippen LogP contribution in [0.15, 0.2) is 127 Å². The first-order valence-corrected chi connectivity index (χ1v) is 12.7. The molecule has 0 bridgehead atoms. The minimum absolute atomic E-state index is 0.406. The smallest absolute Gasteiger partial charge is 0.0461 e. The Morgan fingerprint density at radius 1 is 0.600 bits per heavy atom. The molecule has 0 saturated carbocycles. The summed E-state index contributed by atoms with van der Waals surface area (Å²) < 4.78 is 0. The van der Waals surface area contributed by atoms with Gasteiger partial charge in [-0.25, -0.2) is 0 Å². The van der Waals surface area contributed by atoms with Crippen LogP contribution in [0.5, 0.6) is 0 Å². The second-order valence-electron chi connectivity index (χ2n) is 9.47. The number of benzene rings is 4. The van der Waals surface area contributed by atoms with E-state index in [-0.39, 0.29) is 0 Å². The van der Waals surface area contributed by atoms with Crippen molar-refractivity contribution in [3.63, 3.8) is 0 Å². The second-order valence-corrected chi connectivity index (χ2v) is 9.47. The molecule has 4 aromatic carbocycles. The van der Waals surface area contributed by atoms with Crippen LogP contribution in [-0.4, -0.2) is 30.1 Å². The molecular formula is C33H34N2. The van der Waals surface area contributed by atoms with Crippen LogP contribution in [0.25, 0.3) is 6.08 Å². The van der Waals surface area contributed by atoms with E-state index in [0.29, 0.717) is 12.1 Å². The van der Waals surface area contributed by atoms with Gasteiger partial charge in [0.05, 0.1) is 0 Å². The second kappa shape index (κ2) is 11.7. The molecule has 0 spiro atoms. The molecule has 1 aliphatic heterocycles. The van der Waals surface area contributed by atoms with Crippen LogP contribution in [0, 0.1) is 0 Å². The largest absolute Gasteiger partial charge is 0.362 e. The summed E-state index contributed by atoms with van der Waals surface area (Å²) in [4.78, 5) is 5.35. The molecule has 1 heterocycles. The summed E-state index contributed by atoms with van der Waals surface area (Å²) >= 11 is 0. The maximum Gasteiger partial charge on any atom is 0.0461 e. The first-order chi connectivity index (χ1) is 17.3. The summed E-state index contributed by atoms with van der Waals surface area (Å²) in [5.41, 5.74) is 5.37. The predicted octanol–water partition coefficient (Wildman–Crippen LogP) is 7.09. The van der Waals surface area contributed by atoms with Crippen LogP contribution in [-0.2, 0) is 13.0 Å². The fraction of sp³-hybridized carbons (Fsp3) is 0.212. The van der Waals surface area contributed by atoms with Crippen molar-refractivity contribution >= 4 is 11.8 Å². The van der Waals surface area contributed by atoms with Crippen LogP contribution in [0.1, 0.15) is 23.1 Å². The maximum absolute atomic E-state index is 2.70. The van der Waals surface area contributed by atoms with E-state index in [1.165, 1.54) is 22.4 Å². The van der Waals surface area contributed by atoms with E-state index in [1.807, 2.05) is 0 Å². The zero-order valence-electron chi connectivity index (χ0n) is 20.3. The molecule has 176 valence electrons. The Kier molecular flexibility index (Phi) is 7.72. The fourth-order valence-electron chi connectivity index (χ4n) is 5.30. The van der Waals surface area contributed by atoms with Gasteiger partial charge in [-0.3, -0.25) is 4.90 Å². The number of hydrogen-bond acceptors (Lipinski definition) is 2.